The average molecular weight is 329 g/mol. The fourth-order valence-electron chi connectivity index (χ4n) is 3.22. The zero-order valence-electron chi connectivity index (χ0n) is 14.8. The van der Waals surface area contributed by atoms with Gasteiger partial charge in [0.25, 0.3) is 0 Å². The number of likely N-dealkylation sites (N-methyl/N-ethyl adjacent to an activating group) is 1. The molecule has 1 aliphatic heterocycles. The second-order valence-electron chi connectivity index (χ2n) is 6.83. The lowest BCUT2D eigenvalue weighted by molar-refractivity contribution is -0.136. The second-order valence-corrected chi connectivity index (χ2v) is 6.83. The number of morpholine rings is 1. The quantitative estimate of drug-likeness (QED) is 0.915. The first-order valence-electron chi connectivity index (χ1n) is 8.67. The fourth-order valence-corrected chi connectivity index (χ4v) is 3.22. The first-order chi connectivity index (χ1) is 11.6. The molecule has 0 saturated carbocycles. The molecular formula is C19H27N3O2. The largest absolute Gasteiger partial charge is 0.378 e. The van der Waals surface area contributed by atoms with Crippen molar-refractivity contribution in [3.05, 3.63) is 35.5 Å². The van der Waals surface area contributed by atoms with Gasteiger partial charge in [-0.3, -0.25) is 4.79 Å². The molecule has 5 heteroatoms. The first-order valence-corrected chi connectivity index (χ1v) is 8.67. The maximum absolute atomic E-state index is 12.7. The van der Waals surface area contributed by atoms with E-state index in [2.05, 4.69) is 48.4 Å². The fraction of sp³-hybridized carbons (Fsp3) is 0.526. The molecule has 1 saturated heterocycles. The molecule has 130 valence electrons. The minimum Gasteiger partial charge on any atom is -0.378 e. The van der Waals surface area contributed by atoms with E-state index in [0.29, 0.717) is 26.3 Å². The summed E-state index contributed by atoms with van der Waals surface area (Å²) in [5.41, 5.74) is 3.54. The number of rotatable bonds is 5. The lowest BCUT2D eigenvalue weighted by Gasteiger charge is -2.29. The lowest BCUT2D eigenvalue weighted by atomic mass is 9.96. The number of hydrogen-bond donors (Lipinski definition) is 1. The van der Waals surface area contributed by atoms with E-state index in [1.807, 2.05) is 11.8 Å². The summed E-state index contributed by atoms with van der Waals surface area (Å²) < 4.78 is 5.34. The highest BCUT2D eigenvalue weighted by molar-refractivity contribution is 5.88. The number of benzene rings is 1. The van der Waals surface area contributed by atoms with Crippen LogP contribution in [-0.2, 0) is 16.0 Å². The molecule has 1 aromatic carbocycles. The van der Waals surface area contributed by atoms with Crippen LogP contribution in [0.15, 0.2) is 24.4 Å². The van der Waals surface area contributed by atoms with Crippen LogP contribution >= 0.6 is 0 Å². The van der Waals surface area contributed by atoms with Crippen LogP contribution in [0.4, 0.5) is 0 Å². The Bertz CT molecular complexity index is 702. The monoisotopic (exact) mass is 329 g/mol. The van der Waals surface area contributed by atoms with Crippen molar-refractivity contribution in [1.29, 1.82) is 0 Å². The standard InChI is InChI=1S/C19H27N3O2/c1-14(19(23)22-8-10-24-11-9-22)15-4-5-18-17(12-15)16(13-20-18)6-7-21(2)3/h4-5,12-14,20H,6-11H2,1-3H3. The van der Waals surface area contributed by atoms with Crippen LogP contribution in [-0.4, -0.2) is 67.6 Å². The highest BCUT2D eigenvalue weighted by Gasteiger charge is 2.24. The molecule has 1 amide bonds. The lowest BCUT2D eigenvalue weighted by Crippen LogP contribution is -2.42. The van der Waals surface area contributed by atoms with Crippen LogP contribution in [0.25, 0.3) is 10.9 Å². The molecule has 1 fully saturated rings. The van der Waals surface area contributed by atoms with E-state index in [1.165, 1.54) is 10.9 Å². The van der Waals surface area contributed by atoms with Gasteiger partial charge in [0.05, 0.1) is 19.1 Å². The van der Waals surface area contributed by atoms with E-state index < -0.39 is 0 Å². The Hall–Kier alpha value is -1.85. The van der Waals surface area contributed by atoms with Crippen molar-refractivity contribution in [2.24, 2.45) is 0 Å². The number of amides is 1. The van der Waals surface area contributed by atoms with Crippen LogP contribution in [0.2, 0.25) is 0 Å². The molecule has 5 nitrogen and oxygen atoms in total. The molecule has 2 heterocycles. The Morgan fingerprint density at radius 2 is 2.08 bits per heavy atom. The molecule has 24 heavy (non-hydrogen) atoms. The summed E-state index contributed by atoms with van der Waals surface area (Å²) in [5.74, 6) is 0.0760. The van der Waals surface area contributed by atoms with Crippen molar-refractivity contribution in [3.63, 3.8) is 0 Å². The Kier molecular flexibility index (Phi) is 5.21. The molecule has 0 bridgehead atoms. The molecular weight excluding hydrogens is 302 g/mol. The number of aromatic amines is 1. The topological polar surface area (TPSA) is 48.6 Å². The van der Waals surface area contributed by atoms with E-state index in [1.54, 1.807) is 0 Å². The summed E-state index contributed by atoms with van der Waals surface area (Å²) in [6.07, 6.45) is 3.09. The number of aromatic nitrogens is 1. The molecule has 0 aliphatic carbocycles. The smallest absolute Gasteiger partial charge is 0.229 e. The van der Waals surface area contributed by atoms with Crippen LogP contribution < -0.4 is 0 Å². The van der Waals surface area contributed by atoms with Gasteiger partial charge < -0.3 is 19.5 Å². The van der Waals surface area contributed by atoms with Crippen molar-refractivity contribution >= 4 is 16.8 Å². The van der Waals surface area contributed by atoms with E-state index in [-0.39, 0.29) is 11.8 Å². The third-order valence-electron chi connectivity index (χ3n) is 4.81. The van der Waals surface area contributed by atoms with Crippen LogP contribution in [0, 0.1) is 0 Å². The van der Waals surface area contributed by atoms with Crippen molar-refractivity contribution < 1.29 is 9.53 Å². The van der Waals surface area contributed by atoms with Crippen LogP contribution in [0.5, 0.6) is 0 Å². The predicted octanol–water partition coefficient (Wildman–Crippen LogP) is 2.23. The average Bonchev–Trinajstić information content (AvgIpc) is 3.01. The van der Waals surface area contributed by atoms with E-state index >= 15 is 0 Å². The molecule has 3 rings (SSSR count). The van der Waals surface area contributed by atoms with E-state index in [0.717, 1.165) is 24.0 Å². The molecule has 1 aromatic heterocycles. The number of nitrogens with one attached hydrogen (secondary N) is 1. The van der Waals surface area contributed by atoms with Gasteiger partial charge in [-0.05, 0) is 50.7 Å². The number of carbonyl (C=O) groups excluding carboxylic acids is 1. The summed E-state index contributed by atoms with van der Waals surface area (Å²) >= 11 is 0. The Labute approximate surface area is 143 Å². The van der Waals surface area contributed by atoms with Crippen molar-refractivity contribution in [1.82, 2.24) is 14.8 Å². The number of nitrogens with zero attached hydrogens (tertiary/aromatic N) is 2. The summed E-state index contributed by atoms with van der Waals surface area (Å²) in [5, 5.41) is 1.23. The number of carbonyl (C=O) groups is 1. The van der Waals surface area contributed by atoms with Gasteiger partial charge in [-0.1, -0.05) is 6.07 Å². The van der Waals surface area contributed by atoms with Gasteiger partial charge in [-0.2, -0.15) is 0 Å². The Balaban J connectivity index is 1.80. The predicted molar refractivity (Wildman–Crippen MR) is 96.4 cm³/mol. The molecule has 1 unspecified atom stereocenters. The third kappa shape index (κ3) is 3.62. The number of ether oxygens (including phenoxy) is 1. The highest BCUT2D eigenvalue weighted by Crippen LogP contribution is 2.26. The molecule has 0 spiro atoms. The Morgan fingerprint density at radius 1 is 1.33 bits per heavy atom. The Morgan fingerprint density at radius 3 is 2.79 bits per heavy atom. The molecule has 1 N–H and O–H groups in total. The van der Waals surface area contributed by atoms with Crippen LogP contribution in [0.1, 0.15) is 24.0 Å². The van der Waals surface area contributed by atoms with Gasteiger partial charge >= 0.3 is 0 Å². The SMILES string of the molecule is CC(C(=O)N1CCOCC1)c1ccc2[nH]cc(CCN(C)C)c2c1. The van der Waals surface area contributed by atoms with Gasteiger partial charge in [0, 0.05) is 36.7 Å². The van der Waals surface area contributed by atoms with Gasteiger partial charge in [-0.15, -0.1) is 0 Å². The number of fused-ring (bicyclic) bond motifs is 1. The first kappa shape index (κ1) is 17.0. The molecule has 1 aliphatic rings. The minimum absolute atomic E-state index is 0.121. The zero-order valence-corrected chi connectivity index (χ0v) is 14.8. The van der Waals surface area contributed by atoms with Gasteiger partial charge in [0.2, 0.25) is 5.91 Å². The maximum atomic E-state index is 12.7. The maximum Gasteiger partial charge on any atom is 0.229 e. The normalized spacial score (nSPS) is 16.8. The van der Waals surface area contributed by atoms with E-state index in [4.69, 9.17) is 4.74 Å². The van der Waals surface area contributed by atoms with Gasteiger partial charge in [0.15, 0.2) is 0 Å². The minimum atomic E-state index is -0.121. The summed E-state index contributed by atoms with van der Waals surface area (Å²) in [6, 6.07) is 6.34. The van der Waals surface area contributed by atoms with Crippen molar-refractivity contribution in [2.75, 3.05) is 46.9 Å². The zero-order chi connectivity index (χ0) is 17.1. The van der Waals surface area contributed by atoms with E-state index in [9.17, 15) is 4.79 Å². The summed E-state index contributed by atoms with van der Waals surface area (Å²) in [7, 11) is 4.17. The van der Waals surface area contributed by atoms with Crippen molar-refractivity contribution in [3.8, 4) is 0 Å². The van der Waals surface area contributed by atoms with Crippen LogP contribution in [0.3, 0.4) is 0 Å². The molecule has 1 atom stereocenters. The van der Waals surface area contributed by atoms with Gasteiger partial charge in [-0.25, -0.2) is 0 Å². The van der Waals surface area contributed by atoms with Gasteiger partial charge in [0.1, 0.15) is 0 Å². The van der Waals surface area contributed by atoms with Crippen molar-refractivity contribution in [2.45, 2.75) is 19.3 Å². The molecule has 2 aromatic rings. The second kappa shape index (κ2) is 7.36. The summed E-state index contributed by atoms with van der Waals surface area (Å²) in [4.78, 5) is 20.2. The third-order valence-corrected chi connectivity index (χ3v) is 4.81. The number of H-pyrrole nitrogens is 1. The number of hydrogen-bond acceptors (Lipinski definition) is 3. The summed E-state index contributed by atoms with van der Waals surface area (Å²) in [6.45, 7) is 5.70. The molecule has 0 radical (unpaired) electrons. The highest BCUT2D eigenvalue weighted by atomic mass is 16.5.